The molecule has 0 heterocycles. The van der Waals surface area contributed by atoms with E-state index in [0.717, 1.165) is 24.7 Å². The number of carboxylic acid groups (broad SMARTS) is 1. The van der Waals surface area contributed by atoms with Gasteiger partial charge >= 0.3 is 5.97 Å². The highest BCUT2D eigenvalue weighted by atomic mass is 16.4. The van der Waals surface area contributed by atoms with Crippen LogP contribution >= 0.6 is 0 Å². The zero-order valence-corrected chi connectivity index (χ0v) is 10.6. The number of aryl methyl sites for hydroxylation is 1. The summed E-state index contributed by atoms with van der Waals surface area (Å²) in [6, 6.07) is 6.00. The van der Waals surface area contributed by atoms with Crippen LogP contribution in [0.15, 0.2) is 24.3 Å². The molecule has 1 aromatic carbocycles. The Hall–Kier alpha value is -1.77. The fraction of sp³-hybridized carbons (Fsp3) is 0.357. The summed E-state index contributed by atoms with van der Waals surface area (Å²) >= 11 is 0. The van der Waals surface area contributed by atoms with Gasteiger partial charge in [-0.3, -0.25) is 0 Å². The largest absolute Gasteiger partial charge is 0.478 e. The van der Waals surface area contributed by atoms with Gasteiger partial charge in [0, 0.05) is 24.9 Å². The van der Waals surface area contributed by atoms with Crippen molar-refractivity contribution in [2.75, 3.05) is 18.0 Å². The summed E-state index contributed by atoms with van der Waals surface area (Å²) in [6.07, 6.45) is 2.77. The van der Waals surface area contributed by atoms with Crippen LogP contribution in [0.2, 0.25) is 0 Å². The first kappa shape index (κ1) is 13.3. The van der Waals surface area contributed by atoms with Crippen LogP contribution in [0.4, 0.5) is 5.69 Å². The average molecular weight is 233 g/mol. The van der Waals surface area contributed by atoms with Crippen molar-refractivity contribution in [2.24, 2.45) is 0 Å². The highest BCUT2D eigenvalue weighted by molar-refractivity contribution is 5.85. The standard InChI is InChI=1S/C14H19NO2/c1-4-15(5-2)13-8-6-12(10-11(13)3)7-9-14(16)17/h6-10H,4-5H2,1-3H3,(H,16,17). The molecule has 0 aliphatic rings. The molecule has 0 unspecified atom stereocenters. The second-order valence-corrected chi connectivity index (χ2v) is 3.89. The molecular formula is C14H19NO2. The van der Waals surface area contributed by atoms with E-state index in [4.69, 9.17) is 5.11 Å². The lowest BCUT2D eigenvalue weighted by Crippen LogP contribution is -2.22. The van der Waals surface area contributed by atoms with Gasteiger partial charge in [0.1, 0.15) is 0 Å². The van der Waals surface area contributed by atoms with Crippen molar-refractivity contribution in [3.63, 3.8) is 0 Å². The lowest BCUT2D eigenvalue weighted by molar-refractivity contribution is -0.131. The van der Waals surface area contributed by atoms with Crippen LogP contribution in [-0.2, 0) is 4.79 Å². The molecule has 0 fully saturated rings. The van der Waals surface area contributed by atoms with E-state index in [1.807, 2.05) is 25.1 Å². The molecule has 0 aliphatic carbocycles. The molecule has 1 N–H and O–H groups in total. The summed E-state index contributed by atoms with van der Waals surface area (Å²) < 4.78 is 0. The van der Waals surface area contributed by atoms with Crippen molar-refractivity contribution in [2.45, 2.75) is 20.8 Å². The van der Waals surface area contributed by atoms with Crippen molar-refractivity contribution < 1.29 is 9.90 Å². The summed E-state index contributed by atoms with van der Waals surface area (Å²) in [5, 5.41) is 8.57. The molecule has 0 atom stereocenters. The van der Waals surface area contributed by atoms with Crippen LogP contribution < -0.4 is 4.90 Å². The maximum Gasteiger partial charge on any atom is 0.328 e. The van der Waals surface area contributed by atoms with Crippen LogP contribution in [-0.4, -0.2) is 24.2 Å². The zero-order valence-electron chi connectivity index (χ0n) is 10.6. The summed E-state index contributed by atoms with van der Waals surface area (Å²) in [5.74, 6) is -0.921. The summed E-state index contributed by atoms with van der Waals surface area (Å²) in [7, 11) is 0. The molecule has 0 amide bonds. The summed E-state index contributed by atoms with van der Waals surface area (Å²) in [5.41, 5.74) is 3.30. The van der Waals surface area contributed by atoms with Gasteiger partial charge in [0.05, 0.1) is 0 Å². The number of benzene rings is 1. The fourth-order valence-corrected chi connectivity index (χ4v) is 1.87. The van der Waals surface area contributed by atoms with Crippen molar-refractivity contribution >= 4 is 17.7 Å². The predicted octanol–water partition coefficient (Wildman–Crippen LogP) is 2.94. The average Bonchev–Trinajstić information content (AvgIpc) is 2.30. The third-order valence-corrected chi connectivity index (χ3v) is 2.74. The smallest absolute Gasteiger partial charge is 0.328 e. The third kappa shape index (κ3) is 3.63. The Bertz CT molecular complexity index is 420. The molecule has 1 aromatic rings. The third-order valence-electron chi connectivity index (χ3n) is 2.74. The van der Waals surface area contributed by atoms with Crippen LogP contribution in [0, 0.1) is 6.92 Å². The lowest BCUT2D eigenvalue weighted by atomic mass is 10.1. The molecular weight excluding hydrogens is 214 g/mol. The second-order valence-electron chi connectivity index (χ2n) is 3.89. The lowest BCUT2D eigenvalue weighted by Gasteiger charge is -2.23. The van der Waals surface area contributed by atoms with Gasteiger partial charge in [-0.15, -0.1) is 0 Å². The molecule has 17 heavy (non-hydrogen) atoms. The number of carboxylic acids is 1. The first-order valence-electron chi connectivity index (χ1n) is 5.85. The van der Waals surface area contributed by atoms with Crippen molar-refractivity contribution in [3.05, 3.63) is 35.4 Å². The second kappa shape index (κ2) is 6.09. The van der Waals surface area contributed by atoms with Crippen LogP contribution in [0.1, 0.15) is 25.0 Å². The first-order valence-corrected chi connectivity index (χ1v) is 5.85. The summed E-state index contributed by atoms with van der Waals surface area (Å²) in [6.45, 7) is 8.25. The van der Waals surface area contributed by atoms with Crippen LogP contribution in [0.3, 0.4) is 0 Å². The summed E-state index contributed by atoms with van der Waals surface area (Å²) in [4.78, 5) is 12.7. The number of carbonyl (C=O) groups is 1. The van der Waals surface area contributed by atoms with E-state index in [1.54, 1.807) is 6.08 Å². The molecule has 0 bridgehead atoms. The molecule has 0 aliphatic heterocycles. The van der Waals surface area contributed by atoms with E-state index >= 15 is 0 Å². The van der Waals surface area contributed by atoms with Gasteiger partial charge in [0.15, 0.2) is 0 Å². The van der Waals surface area contributed by atoms with Gasteiger partial charge < -0.3 is 10.0 Å². The van der Waals surface area contributed by atoms with E-state index in [0.29, 0.717) is 0 Å². The number of rotatable bonds is 5. The van der Waals surface area contributed by atoms with Crippen LogP contribution in [0.5, 0.6) is 0 Å². The van der Waals surface area contributed by atoms with Crippen molar-refractivity contribution in [3.8, 4) is 0 Å². The van der Waals surface area contributed by atoms with E-state index < -0.39 is 5.97 Å². The van der Waals surface area contributed by atoms with Gasteiger partial charge in [-0.25, -0.2) is 4.79 Å². The van der Waals surface area contributed by atoms with Gasteiger partial charge in [-0.2, -0.15) is 0 Å². The van der Waals surface area contributed by atoms with Crippen molar-refractivity contribution in [1.82, 2.24) is 0 Å². The minimum atomic E-state index is -0.921. The maximum atomic E-state index is 10.4. The molecule has 3 heteroatoms. The Balaban J connectivity index is 2.97. The fourth-order valence-electron chi connectivity index (χ4n) is 1.87. The molecule has 0 saturated carbocycles. The zero-order chi connectivity index (χ0) is 12.8. The quantitative estimate of drug-likeness (QED) is 0.795. The molecule has 0 radical (unpaired) electrons. The molecule has 1 rings (SSSR count). The monoisotopic (exact) mass is 233 g/mol. The van der Waals surface area contributed by atoms with E-state index in [-0.39, 0.29) is 0 Å². The molecule has 92 valence electrons. The Morgan fingerprint density at radius 1 is 1.35 bits per heavy atom. The normalized spacial score (nSPS) is 10.8. The topological polar surface area (TPSA) is 40.5 Å². The number of aliphatic carboxylic acids is 1. The van der Waals surface area contributed by atoms with Gasteiger partial charge in [-0.1, -0.05) is 6.07 Å². The minimum Gasteiger partial charge on any atom is -0.478 e. The van der Waals surface area contributed by atoms with E-state index in [1.165, 1.54) is 11.3 Å². The Labute approximate surface area is 102 Å². The minimum absolute atomic E-state index is 0.917. The molecule has 0 spiro atoms. The van der Waals surface area contributed by atoms with Gasteiger partial charge in [-0.05, 0) is 50.1 Å². The van der Waals surface area contributed by atoms with Crippen LogP contribution in [0.25, 0.3) is 6.08 Å². The van der Waals surface area contributed by atoms with Gasteiger partial charge in [0.2, 0.25) is 0 Å². The Kier molecular flexibility index (Phi) is 4.76. The van der Waals surface area contributed by atoms with Crippen molar-refractivity contribution in [1.29, 1.82) is 0 Å². The molecule has 0 saturated heterocycles. The Morgan fingerprint density at radius 2 is 2.00 bits per heavy atom. The number of nitrogens with zero attached hydrogens (tertiary/aromatic N) is 1. The van der Waals surface area contributed by atoms with E-state index in [2.05, 4.69) is 18.7 Å². The molecule has 0 aromatic heterocycles. The first-order chi connectivity index (χ1) is 8.08. The Morgan fingerprint density at radius 3 is 2.47 bits per heavy atom. The van der Waals surface area contributed by atoms with E-state index in [9.17, 15) is 4.79 Å². The SMILES string of the molecule is CCN(CC)c1ccc(C=CC(=O)O)cc1C. The number of anilines is 1. The number of hydrogen-bond donors (Lipinski definition) is 1. The highest BCUT2D eigenvalue weighted by Crippen LogP contribution is 2.21. The highest BCUT2D eigenvalue weighted by Gasteiger charge is 2.05. The predicted molar refractivity (Wildman–Crippen MR) is 71.4 cm³/mol. The number of hydrogen-bond acceptors (Lipinski definition) is 2. The molecule has 3 nitrogen and oxygen atoms in total. The maximum absolute atomic E-state index is 10.4. The van der Waals surface area contributed by atoms with Gasteiger partial charge in [0.25, 0.3) is 0 Å².